The third kappa shape index (κ3) is 3.68. The van der Waals surface area contributed by atoms with Crippen LogP contribution in [0.25, 0.3) is 10.1 Å². The van der Waals surface area contributed by atoms with Crippen molar-refractivity contribution in [1.29, 1.82) is 0 Å². The number of rotatable bonds is 6. The van der Waals surface area contributed by atoms with Gasteiger partial charge in [0, 0.05) is 23.2 Å². The molecular weight excluding hydrogens is 294 g/mol. The average molecular weight is 317 g/mol. The molecule has 118 valence electrons. The number of aliphatic hydroxyl groups excluding tert-OH is 1. The van der Waals surface area contributed by atoms with Gasteiger partial charge in [0.05, 0.1) is 6.10 Å². The van der Waals surface area contributed by atoms with Gasteiger partial charge in [-0.05, 0) is 29.2 Å². The maximum absolute atomic E-state index is 11.9. The fourth-order valence-electron chi connectivity index (χ4n) is 3.30. The standard InChI is InChI=1S/C18H23NO2S/c20-16(15-12-22-17-8-4-3-7-14(15)17)11-19-18(21)10-9-13-5-1-2-6-13/h3-4,7-8,12-13,16,20H,1-2,5-6,9-11H2,(H,19,21). The van der Waals surface area contributed by atoms with Crippen LogP contribution in [0.3, 0.4) is 0 Å². The van der Waals surface area contributed by atoms with E-state index in [1.165, 1.54) is 30.4 Å². The summed E-state index contributed by atoms with van der Waals surface area (Å²) in [5, 5.41) is 16.3. The summed E-state index contributed by atoms with van der Waals surface area (Å²) < 4.78 is 1.17. The summed E-state index contributed by atoms with van der Waals surface area (Å²) in [6.45, 7) is 0.296. The largest absolute Gasteiger partial charge is 0.387 e. The van der Waals surface area contributed by atoms with Crippen LogP contribution in [-0.4, -0.2) is 17.6 Å². The van der Waals surface area contributed by atoms with Crippen LogP contribution in [0.1, 0.15) is 50.2 Å². The molecule has 2 N–H and O–H groups in total. The molecule has 1 atom stereocenters. The topological polar surface area (TPSA) is 49.3 Å². The van der Waals surface area contributed by atoms with Gasteiger partial charge >= 0.3 is 0 Å². The number of benzene rings is 1. The van der Waals surface area contributed by atoms with Gasteiger partial charge in [-0.15, -0.1) is 11.3 Å². The Balaban J connectivity index is 1.49. The lowest BCUT2D eigenvalue weighted by atomic mass is 10.0. The molecule has 1 heterocycles. The number of hydrogen-bond acceptors (Lipinski definition) is 3. The van der Waals surface area contributed by atoms with Crippen LogP contribution in [0.5, 0.6) is 0 Å². The van der Waals surface area contributed by atoms with Crippen LogP contribution in [0, 0.1) is 5.92 Å². The smallest absolute Gasteiger partial charge is 0.220 e. The molecule has 3 nitrogen and oxygen atoms in total. The Bertz CT molecular complexity index is 631. The Morgan fingerprint density at radius 3 is 2.91 bits per heavy atom. The third-order valence-electron chi connectivity index (χ3n) is 4.62. The molecule has 3 rings (SSSR count). The second kappa shape index (κ2) is 7.25. The van der Waals surface area contributed by atoms with Crippen molar-refractivity contribution in [3.05, 3.63) is 35.2 Å². The van der Waals surface area contributed by atoms with Gasteiger partial charge in [0.1, 0.15) is 0 Å². The van der Waals surface area contributed by atoms with E-state index in [2.05, 4.69) is 11.4 Å². The summed E-state index contributed by atoms with van der Waals surface area (Å²) in [5.74, 6) is 0.793. The number of hydrogen-bond donors (Lipinski definition) is 2. The van der Waals surface area contributed by atoms with Crippen LogP contribution in [0.4, 0.5) is 0 Å². The summed E-state index contributed by atoms with van der Waals surface area (Å²) in [4.78, 5) is 11.9. The molecule has 1 aromatic carbocycles. The fraction of sp³-hybridized carbons (Fsp3) is 0.500. The molecule has 1 aromatic heterocycles. The summed E-state index contributed by atoms with van der Waals surface area (Å²) >= 11 is 1.63. The predicted octanol–water partition coefficient (Wildman–Crippen LogP) is 4.02. The van der Waals surface area contributed by atoms with Crippen molar-refractivity contribution in [3.8, 4) is 0 Å². The van der Waals surface area contributed by atoms with Gasteiger partial charge in [-0.2, -0.15) is 0 Å². The highest BCUT2D eigenvalue weighted by Gasteiger charge is 2.17. The molecule has 0 spiro atoms. The highest BCUT2D eigenvalue weighted by atomic mass is 32.1. The Labute approximate surface area is 135 Å². The third-order valence-corrected chi connectivity index (χ3v) is 5.60. The lowest BCUT2D eigenvalue weighted by Gasteiger charge is -2.13. The van der Waals surface area contributed by atoms with Gasteiger partial charge in [-0.3, -0.25) is 4.79 Å². The van der Waals surface area contributed by atoms with Crippen LogP contribution in [0.2, 0.25) is 0 Å². The van der Waals surface area contributed by atoms with E-state index in [1.54, 1.807) is 11.3 Å². The predicted molar refractivity (Wildman–Crippen MR) is 91.0 cm³/mol. The Hall–Kier alpha value is -1.39. The molecule has 0 aliphatic heterocycles. The number of fused-ring (bicyclic) bond motifs is 1. The molecule has 4 heteroatoms. The van der Waals surface area contributed by atoms with Crippen molar-refractivity contribution in [2.75, 3.05) is 6.54 Å². The molecule has 1 saturated carbocycles. The molecular formula is C18H23NO2S. The molecule has 2 aromatic rings. The van der Waals surface area contributed by atoms with Gasteiger partial charge in [-0.25, -0.2) is 0 Å². The molecule has 0 bridgehead atoms. The van der Waals surface area contributed by atoms with Crippen molar-refractivity contribution in [1.82, 2.24) is 5.32 Å². The Kier molecular flexibility index (Phi) is 5.11. The molecule has 1 fully saturated rings. The summed E-state index contributed by atoms with van der Waals surface area (Å²) in [7, 11) is 0. The van der Waals surface area contributed by atoms with E-state index in [0.29, 0.717) is 13.0 Å². The summed E-state index contributed by atoms with van der Waals surface area (Å²) in [5.41, 5.74) is 0.914. The average Bonchev–Trinajstić information content (AvgIpc) is 3.19. The minimum Gasteiger partial charge on any atom is -0.387 e. The zero-order chi connectivity index (χ0) is 15.4. The molecule has 0 radical (unpaired) electrons. The van der Waals surface area contributed by atoms with Gasteiger partial charge in [0.2, 0.25) is 5.91 Å². The van der Waals surface area contributed by atoms with Gasteiger partial charge < -0.3 is 10.4 Å². The zero-order valence-corrected chi connectivity index (χ0v) is 13.6. The van der Waals surface area contributed by atoms with E-state index >= 15 is 0 Å². The van der Waals surface area contributed by atoms with E-state index in [0.717, 1.165) is 23.3 Å². The van der Waals surface area contributed by atoms with Crippen LogP contribution in [-0.2, 0) is 4.79 Å². The zero-order valence-electron chi connectivity index (χ0n) is 12.8. The first kappa shape index (κ1) is 15.5. The van der Waals surface area contributed by atoms with E-state index in [-0.39, 0.29) is 5.91 Å². The number of carbonyl (C=O) groups excluding carboxylic acids is 1. The second-order valence-electron chi connectivity index (χ2n) is 6.20. The summed E-state index contributed by atoms with van der Waals surface area (Å²) in [6, 6.07) is 8.05. The number of thiophene rings is 1. The first-order valence-corrected chi connectivity index (χ1v) is 9.03. The van der Waals surface area contributed by atoms with Crippen molar-refractivity contribution >= 4 is 27.3 Å². The first-order valence-electron chi connectivity index (χ1n) is 8.15. The van der Waals surface area contributed by atoms with Crippen molar-refractivity contribution < 1.29 is 9.90 Å². The lowest BCUT2D eigenvalue weighted by molar-refractivity contribution is -0.121. The highest BCUT2D eigenvalue weighted by Crippen LogP contribution is 2.30. The van der Waals surface area contributed by atoms with E-state index in [1.807, 2.05) is 23.6 Å². The summed E-state index contributed by atoms with van der Waals surface area (Å²) in [6.07, 6.45) is 6.12. The van der Waals surface area contributed by atoms with Crippen molar-refractivity contribution in [2.24, 2.45) is 5.92 Å². The maximum atomic E-state index is 11.9. The van der Waals surface area contributed by atoms with E-state index < -0.39 is 6.10 Å². The molecule has 0 saturated heterocycles. The molecule has 1 aliphatic rings. The number of nitrogens with one attached hydrogen (secondary N) is 1. The van der Waals surface area contributed by atoms with E-state index in [9.17, 15) is 9.90 Å². The minimum atomic E-state index is -0.633. The maximum Gasteiger partial charge on any atom is 0.220 e. The van der Waals surface area contributed by atoms with Gasteiger partial charge in [0.25, 0.3) is 0 Å². The highest BCUT2D eigenvalue weighted by molar-refractivity contribution is 7.17. The quantitative estimate of drug-likeness (QED) is 0.845. The number of carbonyl (C=O) groups is 1. The van der Waals surface area contributed by atoms with Crippen molar-refractivity contribution in [2.45, 2.75) is 44.6 Å². The first-order chi connectivity index (χ1) is 10.7. The van der Waals surface area contributed by atoms with Crippen molar-refractivity contribution in [3.63, 3.8) is 0 Å². The van der Waals surface area contributed by atoms with Gasteiger partial charge in [-0.1, -0.05) is 43.9 Å². The van der Waals surface area contributed by atoms with Crippen LogP contribution in [0.15, 0.2) is 29.6 Å². The molecule has 1 unspecified atom stereocenters. The monoisotopic (exact) mass is 317 g/mol. The SMILES string of the molecule is O=C(CCC1CCCC1)NCC(O)c1csc2ccccc12. The van der Waals surface area contributed by atoms with E-state index in [4.69, 9.17) is 0 Å². The van der Waals surface area contributed by atoms with Crippen LogP contribution < -0.4 is 5.32 Å². The molecule has 22 heavy (non-hydrogen) atoms. The molecule has 1 aliphatic carbocycles. The van der Waals surface area contributed by atoms with Crippen LogP contribution >= 0.6 is 11.3 Å². The Morgan fingerprint density at radius 1 is 1.32 bits per heavy atom. The lowest BCUT2D eigenvalue weighted by Crippen LogP contribution is -2.28. The molecule has 1 amide bonds. The Morgan fingerprint density at radius 2 is 2.09 bits per heavy atom. The normalized spacial score (nSPS) is 17.0. The minimum absolute atomic E-state index is 0.0606. The number of aliphatic hydroxyl groups is 1. The number of amides is 1. The second-order valence-corrected chi connectivity index (χ2v) is 7.11. The van der Waals surface area contributed by atoms with Gasteiger partial charge in [0.15, 0.2) is 0 Å². The fourth-order valence-corrected chi connectivity index (χ4v) is 4.31.